The Morgan fingerprint density at radius 3 is 2.42 bits per heavy atom. The molecule has 0 radical (unpaired) electrons. The Balaban J connectivity index is 0.00000243. The van der Waals surface area contributed by atoms with E-state index >= 15 is 0 Å². The molecule has 3 amide bonds. The Morgan fingerprint density at radius 1 is 1.31 bits per heavy atom. The molecule has 26 heavy (non-hydrogen) atoms. The maximum atomic E-state index is 12.7. The van der Waals surface area contributed by atoms with E-state index in [1.54, 1.807) is 0 Å². The van der Waals surface area contributed by atoms with Gasteiger partial charge in [-0.3, -0.25) is 14.5 Å². The van der Waals surface area contributed by atoms with Crippen LogP contribution in [0, 0.1) is 5.92 Å². The molecule has 2 saturated heterocycles. The van der Waals surface area contributed by atoms with E-state index in [-0.39, 0.29) is 48.1 Å². The number of nitrogens with zero attached hydrogens (tertiary/aromatic N) is 2. The number of ether oxygens (including phenoxy) is 1. The topological polar surface area (TPSA) is 130 Å². The number of hydrogen-bond donors (Lipinski definition) is 2. The number of β-lactam (4-membered cyclic amide) rings is 1. The van der Waals surface area contributed by atoms with Gasteiger partial charge in [0.2, 0.25) is 0 Å². The van der Waals surface area contributed by atoms with Crippen LogP contribution in [-0.4, -0.2) is 99.8 Å². The number of alkyl halides is 3. The molecule has 138 valence electrons. The van der Waals surface area contributed by atoms with E-state index in [4.69, 9.17) is 5.73 Å². The molecule has 13 heteroatoms. The molecule has 0 aromatic rings. The van der Waals surface area contributed by atoms with Crippen molar-refractivity contribution in [1.29, 1.82) is 0 Å². The van der Waals surface area contributed by atoms with Gasteiger partial charge in [-0.05, 0) is 12.0 Å². The number of primary amides is 1. The van der Waals surface area contributed by atoms with Crippen molar-refractivity contribution in [3.63, 3.8) is 0 Å². The Kier molecular flexibility index (Phi) is 5.32. The van der Waals surface area contributed by atoms with Crippen LogP contribution in [-0.2, 0) is 19.1 Å². The second kappa shape index (κ2) is 6.74. The van der Waals surface area contributed by atoms with E-state index in [1.165, 1.54) is 0 Å². The Labute approximate surface area is 166 Å². The Bertz CT molecular complexity index is 724. The monoisotopic (exact) mass is 387 g/mol. The summed E-state index contributed by atoms with van der Waals surface area (Å²) in [7, 11) is 0. The van der Waals surface area contributed by atoms with Crippen molar-refractivity contribution >= 4 is 53.4 Å². The van der Waals surface area contributed by atoms with Crippen LogP contribution in [0.4, 0.5) is 18.0 Å². The van der Waals surface area contributed by atoms with Crippen molar-refractivity contribution in [3.05, 3.63) is 11.3 Å². The molecule has 0 saturated carbocycles. The van der Waals surface area contributed by atoms with Crippen molar-refractivity contribution in [1.82, 2.24) is 9.80 Å². The molecule has 0 aliphatic carbocycles. The minimum atomic E-state index is -5.13. The van der Waals surface area contributed by atoms with Gasteiger partial charge in [0.05, 0.1) is 6.04 Å². The quantitative estimate of drug-likeness (QED) is 0.461. The number of carboxylic acid groups (broad SMARTS) is 1. The number of rotatable bonds is 3. The molecule has 3 heterocycles. The SMILES string of the molecule is NC(=O)OCC1=C(C(=O)O)N2C(=O)[C@@H]3[C@H]2[C@H](C1)CN3C(=O)C(F)(F)F.[NaH]. The second-order valence-electron chi connectivity index (χ2n) is 5.93. The van der Waals surface area contributed by atoms with E-state index in [1.807, 2.05) is 0 Å². The molecule has 3 aliphatic heterocycles. The molecule has 0 aromatic carbocycles. The summed E-state index contributed by atoms with van der Waals surface area (Å²) in [6, 6.07) is -2.16. The third kappa shape index (κ3) is 3.05. The van der Waals surface area contributed by atoms with Crippen molar-refractivity contribution < 1.29 is 42.2 Å². The van der Waals surface area contributed by atoms with Gasteiger partial charge in [0.15, 0.2) is 0 Å². The molecule has 0 unspecified atom stereocenters. The summed E-state index contributed by atoms with van der Waals surface area (Å²) < 4.78 is 42.6. The summed E-state index contributed by atoms with van der Waals surface area (Å²) in [5, 5.41) is 9.33. The van der Waals surface area contributed by atoms with Gasteiger partial charge in [-0.2, -0.15) is 13.2 Å². The number of carbonyl (C=O) groups is 4. The molecule has 2 fully saturated rings. The molecule has 0 bridgehead atoms. The van der Waals surface area contributed by atoms with Crippen LogP contribution in [0.1, 0.15) is 6.42 Å². The first-order valence-electron chi connectivity index (χ1n) is 7.12. The summed E-state index contributed by atoms with van der Waals surface area (Å²) in [6.07, 6.45) is -6.32. The molecule has 0 spiro atoms. The predicted molar refractivity (Wildman–Crippen MR) is 77.6 cm³/mol. The van der Waals surface area contributed by atoms with Gasteiger partial charge < -0.3 is 20.5 Å². The first-order valence-corrected chi connectivity index (χ1v) is 7.12. The first-order chi connectivity index (χ1) is 11.5. The number of likely N-dealkylation sites (tertiary alicyclic amines) is 1. The van der Waals surface area contributed by atoms with Crippen LogP contribution in [0.3, 0.4) is 0 Å². The zero-order chi connectivity index (χ0) is 18.7. The van der Waals surface area contributed by atoms with E-state index in [2.05, 4.69) is 4.74 Å². The number of nitrogens with two attached hydrogens (primary N) is 1. The first kappa shape index (κ1) is 20.5. The maximum absolute atomic E-state index is 12.7. The number of halogens is 3. The second-order valence-corrected chi connectivity index (χ2v) is 5.93. The fourth-order valence-electron chi connectivity index (χ4n) is 3.70. The molecule has 3 N–H and O–H groups in total. The fraction of sp³-hybridized carbons (Fsp3) is 0.538. The average Bonchev–Trinajstić information content (AvgIpc) is 2.85. The van der Waals surface area contributed by atoms with Gasteiger partial charge in [0.25, 0.3) is 5.91 Å². The normalized spacial score (nSPS) is 26.7. The standard InChI is InChI=1S/C13H12F3N3O6.Na.H/c14-13(15,16)11(23)18-2-4-1-5(3-25-12(17)24)7(10(21)22)19-6(4)8(18)9(19)20;;/h4,6,8H,1-3H2,(H2,17,24)(H,21,22);;/t4-,6-,8+;;/m1../s1. The van der Waals surface area contributed by atoms with E-state index in [0.29, 0.717) is 4.90 Å². The molecular formula is C13H13F3N3NaO6. The van der Waals surface area contributed by atoms with Crippen molar-refractivity contribution in [2.75, 3.05) is 13.2 Å². The van der Waals surface area contributed by atoms with Crippen LogP contribution < -0.4 is 5.73 Å². The van der Waals surface area contributed by atoms with Crippen LogP contribution in [0.2, 0.25) is 0 Å². The summed E-state index contributed by atoms with van der Waals surface area (Å²) in [6.45, 7) is -0.843. The van der Waals surface area contributed by atoms with Gasteiger partial charge in [-0.15, -0.1) is 0 Å². The van der Waals surface area contributed by atoms with Crippen LogP contribution in [0.15, 0.2) is 11.3 Å². The molecule has 3 atom stereocenters. The molecule has 0 aromatic heterocycles. The summed E-state index contributed by atoms with van der Waals surface area (Å²) in [4.78, 5) is 47.2. The summed E-state index contributed by atoms with van der Waals surface area (Å²) in [5.74, 6) is -5.09. The van der Waals surface area contributed by atoms with E-state index in [9.17, 15) is 37.5 Å². The van der Waals surface area contributed by atoms with Crippen molar-refractivity contribution in [2.45, 2.75) is 24.7 Å². The zero-order valence-corrected chi connectivity index (χ0v) is 12.4. The Morgan fingerprint density at radius 2 is 1.92 bits per heavy atom. The fourth-order valence-corrected chi connectivity index (χ4v) is 3.70. The van der Waals surface area contributed by atoms with Gasteiger partial charge in [0.1, 0.15) is 18.3 Å². The van der Waals surface area contributed by atoms with E-state index in [0.717, 1.165) is 4.90 Å². The molecule has 9 nitrogen and oxygen atoms in total. The van der Waals surface area contributed by atoms with Gasteiger partial charge in [-0.25, -0.2) is 9.59 Å². The Hall–Kier alpha value is -1.79. The minimum absolute atomic E-state index is 0. The van der Waals surface area contributed by atoms with Crippen LogP contribution >= 0.6 is 0 Å². The summed E-state index contributed by atoms with van der Waals surface area (Å²) in [5.41, 5.74) is 4.45. The summed E-state index contributed by atoms with van der Waals surface area (Å²) >= 11 is 0. The zero-order valence-electron chi connectivity index (χ0n) is 12.4. The van der Waals surface area contributed by atoms with Crippen molar-refractivity contribution in [2.24, 2.45) is 11.7 Å². The van der Waals surface area contributed by atoms with Gasteiger partial charge >= 0.3 is 53.7 Å². The number of aliphatic carboxylic acids is 1. The van der Waals surface area contributed by atoms with E-state index < -0.39 is 60.4 Å². The third-order valence-corrected chi connectivity index (χ3v) is 4.54. The molecule has 3 rings (SSSR count). The van der Waals surface area contributed by atoms with Crippen LogP contribution in [0.5, 0.6) is 0 Å². The number of amides is 3. The average molecular weight is 387 g/mol. The number of carbonyl (C=O) groups excluding carboxylic acids is 3. The van der Waals surface area contributed by atoms with Crippen LogP contribution in [0.25, 0.3) is 0 Å². The van der Waals surface area contributed by atoms with Gasteiger partial charge in [-0.1, -0.05) is 0 Å². The van der Waals surface area contributed by atoms with Crippen molar-refractivity contribution in [3.8, 4) is 0 Å². The third-order valence-electron chi connectivity index (χ3n) is 4.54. The predicted octanol–water partition coefficient (Wildman–Crippen LogP) is -1.22. The van der Waals surface area contributed by atoms with Gasteiger partial charge in [0, 0.05) is 12.5 Å². The molecule has 3 aliphatic rings. The number of hydrogen-bond acceptors (Lipinski definition) is 5. The molecular weight excluding hydrogens is 374 g/mol. The number of carboxylic acids is 1.